The number of oxime groups is 1. The van der Waals surface area contributed by atoms with Crippen LogP contribution in [0.1, 0.15) is 25.0 Å². The third-order valence-electron chi connectivity index (χ3n) is 2.82. The summed E-state index contributed by atoms with van der Waals surface area (Å²) in [5.41, 5.74) is 4.68. The molecule has 1 rings (SSSR count). The molecular weight excluding hydrogens is 259 g/mol. The van der Waals surface area contributed by atoms with Crippen molar-refractivity contribution in [2.75, 3.05) is 18.0 Å². The third-order valence-corrected chi connectivity index (χ3v) is 2.82. The molecule has 7 heteroatoms. The summed E-state index contributed by atoms with van der Waals surface area (Å²) < 4.78 is 38.5. The van der Waals surface area contributed by atoms with Gasteiger partial charge in [-0.3, -0.25) is 0 Å². The molecule has 1 aromatic carbocycles. The summed E-state index contributed by atoms with van der Waals surface area (Å²) >= 11 is 0. The van der Waals surface area contributed by atoms with Crippen LogP contribution in [-0.4, -0.2) is 24.1 Å². The third kappa shape index (κ3) is 3.30. The van der Waals surface area contributed by atoms with Crippen LogP contribution >= 0.6 is 0 Å². The van der Waals surface area contributed by atoms with Crippen LogP contribution in [0.25, 0.3) is 0 Å². The van der Waals surface area contributed by atoms with E-state index in [1.54, 1.807) is 0 Å². The van der Waals surface area contributed by atoms with Gasteiger partial charge in [0.05, 0.1) is 5.56 Å². The molecule has 19 heavy (non-hydrogen) atoms. The Morgan fingerprint density at radius 2 is 1.89 bits per heavy atom. The van der Waals surface area contributed by atoms with Crippen molar-refractivity contribution in [3.8, 4) is 0 Å². The zero-order valence-corrected chi connectivity index (χ0v) is 10.7. The Bertz CT molecular complexity index is 468. The summed E-state index contributed by atoms with van der Waals surface area (Å²) in [7, 11) is 0. The van der Waals surface area contributed by atoms with Crippen LogP contribution in [-0.2, 0) is 6.18 Å². The van der Waals surface area contributed by atoms with Gasteiger partial charge >= 0.3 is 6.18 Å². The fraction of sp³-hybridized carbons (Fsp3) is 0.417. The van der Waals surface area contributed by atoms with Crippen molar-refractivity contribution in [2.45, 2.75) is 20.0 Å². The molecule has 0 bridgehead atoms. The van der Waals surface area contributed by atoms with Gasteiger partial charge in [0.1, 0.15) is 0 Å². The molecule has 0 aliphatic carbocycles. The van der Waals surface area contributed by atoms with Crippen molar-refractivity contribution >= 4 is 11.5 Å². The van der Waals surface area contributed by atoms with Crippen LogP contribution in [0.2, 0.25) is 0 Å². The van der Waals surface area contributed by atoms with Gasteiger partial charge in [-0.2, -0.15) is 13.2 Å². The van der Waals surface area contributed by atoms with Crippen molar-refractivity contribution in [3.05, 3.63) is 29.3 Å². The Labute approximate surface area is 109 Å². The number of hydrogen-bond acceptors (Lipinski definition) is 3. The van der Waals surface area contributed by atoms with E-state index in [4.69, 9.17) is 10.9 Å². The second kappa shape index (κ2) is 5.81. The molecular formula is C12H16F3N3O. The van der Waals surface area contributed by atoms with Gasteiger partial charge in [0.2, 0.25) is 0 Å². The second-order valence-corrected chi connectivity index (χ2v) is 3.89. The van der Waals surface area contributed by atoms with Crippen molar-refractivity contribution < 1.29 is 18.4 Å². The predicted octanol–water partition coefficient (Wildman–Crippen LogP) is 2.65. The SMILES string of the molecule is CCN(CC)c1ccc(C(F)(F)F)c(/C(N)=N/O)c1. The number of alkyl halides is 3. The number of halogens is 3. The highest BCUT2D eigenvalue weighted by atomic mass is 19.4. The van der Waals surface area contributed by atoms with Crippen LogP contribution in [0, 0.1) is 0 Å². The first-order valence-corrected chi connectivity index (χ1v) is 5.79. The second-order valence-electron chi connectivity index (χ2n) is 3.89. The summed E-state index contributed by atoms with van der Waals surface area (Å²) in [6.45, 7) is 5.09. The lowest BCUT2D eigenvalue weighted by Gasteiger charge is -2.23. The van der Waals surface area contributed by atoms with Gasteiger partial charge in [-0.25, -0.2) is 0 Å². The highest BCUT2D eigenvalue weighted by Gasteiger charge is 2.34. The average molecular weight is 275 g/mol. The molecule has 4 nitrogen and oxygen atoms in total. The number of anilines is 1. The zero-order chi connectivity index (χ0) is 14.6. The zero-order valence-electron chi connectivity index (χ0n) is 10.7. The summed E-state index contributed by atoms with van der Waals surface area (Å²) in [4.78, 5) is 1.87. The molecule has 0 fully saturated rings. The van der Waals surface area contributed by atoms with E-state index in [2.05, 4.69) is 5.16 Å². The maximum Gasteiger partial charge on any atom is 0.417 e. The number of hydrogen-bond donors (Lipinski definition) is 2. The van der Waals surface area contributed by atoms with E-state index in [0.29, 0.717) is 18.8 Å². The highest BCUT2D eigenvalue weighted by Crippen LogP contribution is 2.34. The van der Waals surface area contributed by atoms with E-state index < -0.39 is 17.6 Å². The Balaban J connectivity index is 3.39. The highest BCUT2D eigenvalue weighted by molar-refractivity contribution is 5.99. The van der Waals surface area contributed by atoms with Gasteiger partial charge < -0.3 is 15.8 Å². The van der Waals surface area contributed by atoms with E-state index in [1.807, 2.05) is 18.7 Å². The van der Waals surface area contributed by atoms with Crippen molar-refractivity contribution in [1.29, 1.82) is 0 Å². The lowest BCUT2D eigenvalue weighted by molar-refractivity contribution is -0.137. The number of nitrogens with two attached hydrogens (primary N) is 1. The van der Waals surface area contributed by atoms with Crippen molar-refractivity contribution in [2.24, 2.45) is 10.9 Å². The maximum atomic E-state index is 12.8. The van der Waals surface area contributed by atoms with Gasteiger partial charge in [0.25, 0.3) is 0 Å². The van der Waals surface area contributed by atoms with Crippen LogP contribution in [0.15, 0.2) is 23.4 Å². The summed E-state index contributed by atoms with van der Waals surface area (Å²) in [5.74, 6) is -0.554. The number of nitrogens with zero attached hydrogens (tertiary/aromatic N) is 2. The molecule has 106 valence electrons. The van der Waals surface area contributed by atoms with Crippen LogP contribution in [0.5, 0.6) is 0 Å². The topological polar surface area (TPSA) is 61.8 Å². The normalized spacial score (nSPS) is 12.6. The molecule has 1 aromatic rings. The predicted molar refractivity (Wildman–Crippen MR) is 67.5 cm³/mol. The molecule has 0 aliphatic rings. The molecule has 3 N–H and O–H groups in total. The van der Waals surface area contributed by atoms with Crippen LogP contribution in [0.3, 0.4) is 0 Å². The molecule has 0 spiro atoms. The Hall–Kier alpha value is -1.92. The summed E-state index contributed by atoms with van der Waals surface area (Å²) in [6, 6.07) is 3.61. The molecule has 0 saturated carbocycles. The molecule has 0 heterocycles. The molecule has 0 radical (unpaired) electrons. The van der Waals surface area contributed by atoms with E-state index in [0.717, 1.165) is 6.07 Å². The van der Waals surface area contributed by atoms with E-state index in [9.17, 15) is 13.2 Å². The van der Waals surface area contributed by atoms with Gasteiger partial charge in [-0.15, -0.1) is 0 Å². The lowest BCUT2D eigenvalue weighted by Crippen LogP contribution is -2.24. The van der Waals surface area contributed by atoms with Gasteiger partial charge in [-0.1, -0.05) is 5.16 Å². The number of amidine groups is 1. The first kappa shape index (κ1) is 15.1. The van der Waals surface area contributed by atoms with Crippen molar-refractivity contribution in [1.82, 2.24) is 0 Å². The van der Waals surface area contributed by atoms with Crippen molar-refractivity contribution in [3.63, 3.8) is 0 Å². The minimum Gasteiger partial charge on any atom is -0.409 e. The Morgan fingerprint density at radius 3 is 2.32 bits per heavy atom. The average Bonchev–Trinajstić information content (AvgIpc) is 2.38. The molecule has 0 aromatic heterocycles. The summed E-state index contributed by atoms with van der Waals surface area (Å²) in [5, 5.41) is 11.3. The van der Waals surface area contributed by atoms with Gasteiger partial charge in [0, 0.05) is 24.3 Å². The molecule has 0 unspecified atom stereocenters. The van der Waals surface area contributed by atoms with Gasteiger partial charge in [-0.05, 0) is 32.0 Å². The number of benzene rings is 1. The first-order chi connectivity index (χ1) is 8.85. The minimum absolute atomic E-state index is 0.320. The lowest BCUT2D eigenvalue weighted by atomic mass is 10.0. The monoisotopic (exact) mass is 275 g/mol. The Kier molecular flexibility index (Phi) is 4.63. The fourth-order valence-corrected chi connectivity index (χ4v) is 1.83. The fourth-order valence-electron chi connectivity index (χ4n) is 1.83. The van der Waals surface area contributed by atoms with Gasteiger partial charge in [0.15, 0.2) is 5.84 Å². The van der Waals surface area contributed by atoms with E-state index in [-0.39, 0.29) is 5.56 Å². The minimum atomic E-state index is -4.55. The number of rotatable bonds is 4. The first-order valence-electron chi connectivity index (χ1n) is 5.79. The quantitative estimate of drug-likeness (QED) is 0.384. The molecule has 0 aliphatic heterocycles. The van der Waals surface area contributed by atoms with E-state index in [1.165, 1.54) is 12.1 Å². The smallest absolute Gasteiger partial charge is 0.409 e. The van der Waals surface area contributed by atoms with Crippen LogP contribution in [0.4, 0.5) is 18.9 Å². The Morgan fingerprint density at radius 1 is 1.32 bits per heavy atom. The maximum absolute atomic E-state index is 12.8. The molecule has 0 atom stereocenters. The van der Waals surface area contributed by atoms with Crippen LogP contribution < -0.4 is 10.6 Å². The molecule has 0 saturated heterocycles. The standard InChI is InChI=1S/C12H16F3N3O/c1-3-18(4-2)8-5-6-10(12(13,14)15)9(7-8)11(16)17-19/h5-7,19H,3-4H2,1-2H3,(H2,16,17). The van der Waals surface area contributed by atoms with E-state index >= 15 is 0 Å². The summed E-state index contributed by atoms with van der Waals surface area (Å²) in [6.07, 6.45) is -4.55. The largest absolute Gasteiger partial charge is 0.417 e. The molecule has 0 amide bonds.